The van der Waals surface area contributed by atoms with Gasteiger partial charge >= 0.3 is 0 Å². The second-order valence-electron chi connectivity index (χ2n) is 2.76. The third-order valence-electron chi connectivity index (χ3n) is 1.61. The minimum absolute atomic E-state index is 0.399. The zero-order valence-electron chi connectivity index (χ0n) is 7.52. The van der Waals surface area contributed by atoms with Crippen LogP contribution in [0.5, 0.6) is 11.5 Å². The fraction of sp³-hybridized carbons (Fsp3) is 0. The number of hydrogen-bond acceptors (Lipinski definition) is 3. The van der Waals surface area contributed by atoms with Crippen LogP contribution in [0.4, 0.5) is 0 Å². The van der Waals surface area contributed by atoms with Gasteiger partial charge < -0.3 is 4.74 Å². The Labute approximate surface area is 100 Å². The molecule has 0 aromatic carbocycles. The van der Waals surface area contributed by atoms with E-state index < -0.39 is 0 Å². The Morgan fingerprint density at radius 3 is 2.80 bits per heavy atom. The van der Waals surface area contributed by atoms with E-state index in [1.807, 2.05) is 6.07 Å². The molecule has 2 rings (SSSR count). The van der Waals surface area contributed by atoms with Crippen LogP contribution in [0.1, 0.15) is 0 Å². The van der Waals surface area contributed by atoms with Crippen molar-refractivity contribution in [3.05, 3.63) is 46.4 Å². The van der Waals surface area contributed by atoms with Gasteiger partial charge in [-0.25, -0.2) is 4.98 Å². The molecule has 0 fully saturated rings. The lowest BCUT2D eigenvalue weighted by Crippen LogP contribution is -1.86. The van der Waals surface area contributed by atoms with Gasteiger partial charge in [0.15, 0.2) is 0 Å². The highest BCUT2D eigenvalue weighted by molar-refractivity contribution is 9.10. The summed E-state index contributed by atoms with van der Waals surface area (Å²) in [7, 11) is 0. The van der Waals surface area contributed by atoms with Crippen LogP contribution < -0.4 is 4.74 Å². The van der Waals surface area contributed by atoms with Gasteiger partial charge in [-0.05, 0) is 28.1 Å². The molecule has 0 radical (unpaired) electrons. The third-order valence-corrected chi connectivity index (χ3v) is 2.25. The van der Waals surface area contributed by atoms with Gasteiger partial charge in [-0.15, -0.1) is 0 Å². The van der Waals surface area contributed by atoms with Gasteiger partial charge in [0.05, 0.1) is 6.20 Å². The van der Waals surface area contributed by atoms with E-state index in [2.05, 4.69) is 25.9 Å². The summed E-state index contributed by atoms with van der Waals surface area (Å²) in [6.07, 6.45) is 4.90. The van der Waals surface area contributed by atoms with Gasteiger partial charge in [-0.2, -0.15) is 0 Å². The Bertz CT molecular complexity index is 435. The summed E-state index contributed by atoms with van der Waals surface area (Å²) in [5.41, 5.74) is 0. The highest BCUT2D eigenvalue weighted by atomic mass is 79.9. The van der Waals surface area contributed by atoms with Crippen molar-refractivity contribution in [3.63, 3.8) is 0 Å². The zero-order chi connectivity index (χ0) is 10.7. The van der Waals surface area contributed by atoms with E-state index in [1.54, 1.807) is 30.7 Å². The fourth-order valence-corrected chi connectivity index (χ4v) is 1.54. The summed E-state index contributed by atoms with van der Waals surface area (Å²) in [5.74, 6) is 1.28. The molecule has 2 aromatic heterocycles. The molecule has 0 unspecified atom stereocenters. The molecule has 15 heavy (non-hydrogen) atoms. The molecule has 5 heteroatoms. The number of nitrogens with zero attached hydrogens (tertiary/aromatic N) is 2. The number of rotatable bonds is 2. The summed E-state index contributed by atoms with van der Waals surface area (Å²) in [5, 5.41) is 0.399. The van der Waals surface area contributed by atoms with Gasteiger partial charge in [-0.3, -0.25) is 4.98 Å². The molecule has 0 aliphatic carbocycles. The maximum absolute atomic E-state index is 5.73. The topological polar surface area (TPSA) is 35.0 Å². The minimum Gasteiger partial charge on any atom is -0.456 e. The van der Waals surface area contributed by atoms with Crippen molar-refractivity contribution < 1.29 is 4.74 Å². The quantitative estimate of drug-likeness (QED) is 0.789. The van der Waals surface area contributed by atoms with Crippen LogP contribution in [-0.2, 0) is 0 Å². The first-order valence-corrected chi connectivity index (χ1v) is 5.31. The van der Waals surface area contributed by atoms with Crippen molar-refractivity contribution in [3.8, 4) is 11.5 Å². The molecule has 0 saturated heterocycles. The van der Waals surface area contributed by atoms with Gasteiger partial charge in [0.2, 0.25) is 0 Å². The summed E-state index contributed by atoms with van der Waals surface area (Å²) >= 11 is 9.04. The maximum Gasteiger partial charge on any atom is 0.146 e. The normalized spacial score (nSPS) is 10.0. The van der Waals surface area contributed by atoms with Crippen molar-refractivity contribution in [2.24, 2.45) is 0 Å². The Morgan fingerprint density at radius 2 is 2.07 bits per heavy atom. The van der Waals surface area contributed by atoms with Crippen molar-refractivity contribution in [2.75, 3.05) is 0 Å². The zero-order valence-corrected chi connectivity index (χ0v) is 9.86. The van der Waals surface area contributed by atoms with Crippen LogP contribution in [0.3, 0.4) is 0 Å². The van der Waals surface area contributed by atoms with Crippen LogP contribution in [0.25, 0.3) is 0 Å². The second kappa shape index (κ2) is 4.59. The summed E-state index contributed by atoms with van der Waals surface area (Å²) in [4.78, 5) is 7.84. The number of hydrogen-bond donors (Lipinski definition) is 0. The molecule has 0 amide bonds. The highest BCUT2D eigenvalue weighted by Gasteiger charge is 1.99. The molecule has 0 spiro atoms. The maximum atomic E-state index is 5.73. The molecule has 2 aromatic rings. The monoisotopic (exact) mass is 284 g/mol. The van der Waals surface area contributed by atoms with Gasteiger partial charge in [0, 0.05) is 22.9 Å². The largest absolute Gasteiger partial charge is 0.456 e. The van der Waals surface area contributed by atoms with Crippen LogP contribution in [-0.4, -0.2) is 9.97 Å². The average Bonchev–Trinajstić information content (AvgIpc) is 2.17. The predicted molar refractivity (Wildman–Crippen MR) is 61.3 cm³/mol. The third kappa shape index (κ3) is 2.91. The average molecular weight is 286 g/mol. The molecule has 0 N–H and O–H groups in total. The van der Waals surface area contributed by atoms with Crippen molar-refractivity contribution in [1.29, 1.82) is 0 Å². The molecule has 0 atom stereocenters. The minimum atomic E-state index is 0.399. The molecule has 3 nitrogen and oxygen atoms in total. The number of pyridine rings is 2. The van der Waals surface area contributed by atoms with E-state index in [0.29, 0.717) is 16.7 Å². The van der Waals surface area contributed by atoms with Crippen molar-refractivity contribution >= 4 is 27.5 Å². The smallest absolute Gasteiger partial charge is 0.146 e. The van der Waals surface area contributed by atoms with Crippen LogP contribution in [0.2, 0.25) is 5.15 Å². The Balaban J connectivity index is 2.22. The first kappa shape index (κ1) is 10.4. The lowest BCUT2D eigenvalue weighted by molar-refractivity contribution is 0.479. The highest BCUT2D eigenvalue weighted by Crippen LogP contribution is 2.24. The molecule has 0 aliphatic rings. The standard InChI is InChI=1S/C10H6BrClN2O/c11-7-3-9(6-13-5-7)15-8-1-2-14-10(12)4-8/h1-6H. The SMILES string of the molecule is Clc1cc(Oc2cncc(Br)c2)ccn1. The Hall–Kier alpha value is -1.13. The van der Waals surface area contributed by atoms with Gasteiger partial charge in [0.25, 0.3) is 0 Å². The van der Waals surface area contributed by atoms with E-state index in [9.17, 15) is 0 Å². The van der Waals surface area contributed by atoms with Crippen molar-refractivity contribution in [2.45, 2.75) is 0 Å². The lowest BCUT2D eigenvalue weighted by Gasteiger charge is -2.04. The van der Waals surface area contributed by atoms with E-state index in [4.69, 9.17) is 16.3 Å². The van der Waals surface area contributed by atoms with Gasteiger partial charge in [0.1, 0.15) is 16.7 Å². The van der Waals surface area contributed by atoms with Crippen LogP contribution in [0.15, 0.2) is 41.3 Å². The number of halogens is 2. The molecule has 0 aliphatic heterocycles. The van der Waals surface area contributed by atoms with Crippen molar-refractivity contribution in [1.82, 2.24) is 9.97 Å². The van der Waals surface area contributed by atoms with Gasteiger partial charge in [-0.1, -0.05) is 11.6 Å². The number of aromatic nitrogens is 2. The van der Waals surface area contributed by atoms with E-state index in [0.717, 1.165) is 4.47 Å². The first-order valence-electron chi connectivity index (χ1n) is 4.14. The Morgan fingerprint density at radius 1 is 1.20 bits per heavy atom. The predicted octanol–water partition coefficient (Wildman–Crippen LogP) is 3.68. The molecule has 0 bridgehead atoms. The lowest BCUT2D eigenvalue weighted by atomic mass is 10.4. The summed E-state index contributed by atoms with van der Waals surface area (Å²) in [6.45, 7) is 0. The second-order valence-corrected chi connectivity index (χ2v) is 4.06. The molecule has 0 saturated carbocycles. The van der Waals surface area contributed by atoms with Crippen LogP contribution >= 0.6 is 27.5 Å². The molecule has 2 heterocycles. The molecular formula is C10H6BrClN2O. The first-order chi connectivity index (χ1) is 7.24. The van der Waals surface area contributed by atoms with E-state index in [-0.39, 0.29) is 0 Å². The summed E-state index contributed by atoms with van der Waals surface area (Å²) < 4.78 is 6.38. The molecule has 76 valence electrons. The summed E-state index contributed by atoms with van der Waals surface area (Å²) in [6, 6.07) is 5.19. The molecular weight excluding hydrogens is 279 g/mol. The fourth-order valence-electron chi connectivity index (χ4n) is 1.03. The van der Waals surface area contributed by atoms with Crippen LogP contribution in [0, 0.1) is 0 Å². The van der Waals surface area contributed by atoms with E-state index in [1.165, 1.54) is 0 Å². The van der Waals surface area contributed by atoms with E-state index >= 15 is 0 Å². The Kier molecular flexibility index (Phi) is 3.18. The number of ether oxygens (including phenoxy) is 1.